The molecule has 0 saturated carbocycles. The fraction of sp³-hybridized carbons (Fsp3) is 0.370. The summed E-state index contributed by atoms with van der Waals surface area (Å²) in [6.45, 7) is 4.48. The number of nitrogens with zero attached hydrogens (tertiary/aromatic N) is 1. The van der Waals surface area contributed by atoms with Gasteiger partial charge in [-0.1, -0.05) is 55.5 Å². The second kappa shape index (κ2) is 9.94. The van der Waals surface area contributed by atoms with Crippen LogP contribution in [0.3, 0.4) is 0 Å². The minimum absolute atomic E-state index is 0.0716. The number of aliphatic imine (C=N–C) groups is 1. The predicted molar refractivity (Wildman–Crippen MR) is 124 cm³/mol. The van der Waals surface area contributed by atoms with Crippen molar-refractivity contribution in [2.45, 2.75) is 52.1 Å². The van der Waals surface area contributed by atoms with Gasteiger partial charge in [0.15, 0.2) is 5.78 Å². The third-order valence-corrected chi connectivity index (χ3v) is 6.10. The number of para-hydroxylation sites is 1. The van der Waals surface area contributed by atoms with E-state index in [0.717, 1.165) is 35.4 Å². The largest absolute Gasteiger partial charge is 0.489 e. The maximum absolute atomic E-state index is 13.1. The summed E-state index contributed by atoms with van der Waals surface area (Å²) in [7, 11) is 0. The number of carbonyl (C=O) groups is 2. The molecule has 0 radical (unpaired) electrons. The summed E-state index contributed by atoms with van der Waals surface area (Å²) >= 11 is 0. The molecule has 0 N–H and O–H groups in total. The van der Waals surface area contributed by atoms with Gasteiger partial charge in [-0.3, -0.25) is 14.6 Å². The van der Waals surface area contributed by atoms with Crippen molar-refractivity contribution in [3.05, 3.63) is 77.0 Å². The maximum Gasteiger partial charge on any atom is 0.315 e. The molecular formula is C27H29NO4. The number of rotatable bonds is 7. The van der Waals surface area contributed by atoms with Crippen molar-refractivity contribution in [3.8, 4) is 5.75 Å². The molecule has 1 aliphatic heterocycles. The van der Waals surface area contributed by atoms with Crippen molar-refractivity contribution in [1.82, 2.24) is 0 Å². The molecular weight excluding hydrogens is 402 g/mol. The van der Waals surface area contributed by atoms with Crippen LogP contribution in [0, 0.1) is 5.92 Å². The van der Waals surface area contributed by atoms with Gasteiger partial charge in [-0.15, -0.1) is 0 Å². The summed E-state index contributed by atoms with van der Waals surface area (Å²) in [5, 5.41) is 0. The second-order valence-electron chi connectivity index (χ2n) is 8.11. The topological polar surface area (TPSA) is 65.0 Å². The Hall–Kier alpha value is -3.21. The first-order valence-corrected chi connectivity index (χ1v) is 11.4. The van der Waals surface area contributed by atoms with Crippen molar-refractivity contribution in [2.75, 3.05) is 6.61 Å². The summed E-state index contributed by atoms with van der Waals surface area (Å²) in [5.74, 6) is -0.653. The molecule has 0 amide bonds. The van der Waals surface area contributed by atoms with E-state index in [2.05, 4.69) is 0 Å². The lowest BCUT2D eigenvalue weighted by Gasteiger charge is -2.35. The van der Waals surface area contributed by atoms with Crippen LogP contribution in [0.5, 0.6) is 5.75 Å². The number of hydrogen-bond acceptors (Lipinski definition) is 5. The van der Waals surface area contributed by atoms with Crippen LogP contribution in [0.4, 0.5) is 0 Å². The average Bonchev–Trinajstić information content (AvgIpc) is 2.82. The summed E-state index contributed by atoms with van der Waals surface area (Å²) in [5.41, 5.74) is 4.14. The molecule has 2 aromatic rings. The van der Waals surface area contributed by atoms with Crippen molar-refractivity contribution in [3.63, 3.8) is 0 Å². The summed E-state index contributed by atoms with van der Waals surface area (Å²) in [6, 6.07) is 17.7. The highest BCUT2D eigenvalue weighted by Gasteiger charge is 2.44. The van der Waals surface area contributed by atoms with E-state index in [9.17, 15) is 9.59 Å². The maximum atomic E-state index is 13.1. The van der Waals surface area contributed by atoms with E-state index in [1.165, 1.54) is 0 Å². The zero-order valence-corrected chi connectivity index (χ0v) is 18.7. The molecule has 0 spiro atoms. The molecule has 2 aliphatic rings. The fourth-order valence-corrected chi connectivity index (χ4v) is 4.66. The lowest BCUT2D eigenvalue weighted by molar-refractivity contribution is -0.146. The molecule has 166 valence electrons. The van der Waals surface area contributed by atoms with Crippen molar-refractivity contribution >= 4 is 17.5 Å². The van der Waals surface area contributed by atoms with Crippen LogP contribution in [-0.2, 0) is 20.9 Å². The van der Waals surface area contributed by atoms with Gasteiger partial charge in [0.25, 0.3) is 0 Å². The first-order chi connectivity index (χ1) is 15.6. The zero-order chi connectivity index (χ0) is 22.5. The molecule has 1 heterocycles. The molecule has 32 heavy (non-hydrogen) atoms. The first kappa shape index (κ1) is 22.0. The van der Waals surface area contributed by atoms with Gasteiger partial charge < -0.3 is 9.47 Å². The van der Waals surface area contributed by atoms with E-state index in [-0.39, 0.29) is 18.4 Å². The number of ketones is 1. The van der Waals surface area contributed by atoms with Gasteiger partial charge in [0.2, 0.25) is 0 Å². The van der Waals surface area contributed by atoms with Crippen LogP contribution >= 0.6 is 0 Å². The summed E-state index contributed by atoms with van der Waals surface area (Å²) in [6.07, 6.45) is 2.65. The molecule has 0 fully saturated rings. The Labute approximate surface area is 189 Å². The van der Waals surface area contributed by atoms with E-state index < -0.39 is 11.8 Å². The van der Waals surface area contributed by atoms with Gasteiger partial charge in [-0.25, -0.2) is 0 Å². The predicted octanol–water partition coefficient (Wildman–Crippen LogP) is 5.40. The molecule has 4 rings (SSSR count). The Kier molecular flexibility index (Phi) is 6.84. The summed E-state index contributed by atoms with van der Waals surface area (Å²) in [4.78, 5) is 31.0. The van der Waals surface area contributed by atoms with Gasteiger partial charge in [-0.05, 0) is 37.8 Å². The van der Waals surface area contributed by atoms with Crippen molar-refractivity contribution in [2.24, 2.45) is 10.9 Å². The molecule has 5 heteroatoms. The third-order valence-electron chi connectivity index (χ3n) is 6.10. The number of hydrogen-bond donors (Lipinski definition) is 0. The van der Waals surface area contributed by atoms with Crippen molar-refractivity contribution < 1.29 is 19.1 Å². The van der Waals surface area contributed by atoms with Crippen LogP contribution in [0.25, 0.3) is 0 Å². The Balaban J connectivity index is 1.79. The van der Waals surface area contributed by atoms with Crippen LogP contribution in [0.2, 0.25) is 0 Å². The quantitative estimate of drug-likeness (QED) is 0.551. The van der Waals surface area contributed by atoms with Crippen LogP contribution in [-0.4, -0.2) is 24.1 Å². The van der Waals surface area contributed by atoms with Crippen molar-refractivity contribution in [1.29, 1.82) is 0 Å². The molecule has 1 aliphatic carbocycles. The van der Waals surface area contributed by atoms with Gasteiger partial charge in [-0.2, -0.15) is 0 Å². The number of ether oxygens (including phenoxy) is 2. The highest BCUT2D eigenvalue weighted by Crippen LogP contribution is 2.46. The lowest BCUT2D eigenvalue weighted by Crippen LogP contribution is -2.38. The highest BCUT2D eigenvalue weighted by atomic mass is 16.5. The summed E-state index contributed by atoms with van der Waals surface area (Å²) < 4.78 is 11.7. The second-order valence-corrected chi connectivity index (χ2v) is 8.11. The Morgan fingerprint density at radius 1 is 1.03 bits per heavy atom. The number of allylic oxidation sites excluding steroid dienone is 2. The number of esters is 1. The van der Waals surface area contributed by atoms with Crippen LogP contribution in [0.15, 0.2) is 70.9 Å². The van der Waals surface area contributed by atoms with E-state index in [1.54, 1.807) is 6.92 Å². The van der Waals surface area contributed by atoms with E-state index in [4.69, 9.17) is 14.5 Å². The number of Topliss-reactive ketones (excluding diaryl/α,β-unsaturated/α-hetero) is 1. The molecule has 5 nitrogen and oxygen atoms in total. The fourth-order valence-electron chi connectivity index (χ4n) is 4.66. The Morgan fingerprint density at radius 3 is 2.53 bits per heavy atom. The van der Waals surface area contributed by atoms with Crippen LogP contribution in [0.1, 0.15) is 56.6 Å². The van der Waals surface area contributed by atoms with Gasteiger partial charge in [0.1, 0.15) is 18.3 Å². The van der Waals surface area contributed by atoms with Gasteiger partial charge in [0.05, 0.1) is 6.61 Å². The van der Waals surface area contributed by atoms with E-state index in [1.807, 2.05) is 61.5 Å². The lowest BCUT2D eigenvalue weighted by atomic mass is 9.71. The zero-order valence-electron chi connectivity index (χ0n) is 18.7. The molecule has 0 saturated heterocycles. The van der Waals surface area contributed by atoms with E-state index in [0.29, 0.717) is 30.8 Å². The standard InChI is InChI=1S/C27H29NO4/c1-3-20-26(27(30)31-4-2)24(25-21(28-20)14-10-15-22(25)29)19-13-8-9-16-23(19)32-17-18-11-6-5-7-12-18/h5-9,11-13,16,24,26H,3-4,10,14-15,17H2,1-2H3/t24-,26?/m0/s1. The highest BCUT2D eigenvalue weighted by molar-refractivity contribution is 6.09. The Morgan fingerprint density at radius 2 is 1.78 bits per heavy atom. The van der Waals surface area contributed by atoms with Gasteiger partial charge >= 0.3 is 5.97 Å². The normalized spacial score (nSPS) is 20.4. The average molecular weight is 432 g/mol. The smallest absolute Gasteiger partial charge is 0.315 e. The third kappa shape index (κ3) is 4.38. The molecule has 0 bridgehead atoms. The monoisotopic (exact) mass is 431 g/mol. The van der Waals surface area contributed by atoms with Crippen LogP contribution < -0.4 is 4.74 Å². The Bertz CT molecular complexity index is 1050. The SMILES string of the molecule is CCOC(=O)C1C(CC)=NC2=C(C(=O)CCC2)[C@@H]1c1ccccc1OCc1ccccc1. The molecule has 1 unspecified atom stereocenters. The number of benzene rings is 2. The minimum atomic E-state index is -0.623. The molecule has 0 aromatic heterocycles. The first-order valence-electron chi connectivity index (χ1n) is 11.4. The van der Waals surface area contributed by atoms with Gasteiger partial charge in [0, 0.05) is 34.9 Å². The minimum Gasteiger partial charge on any atom is -0.489 e. The number of carbonyl (C=O) groups excluding carboxylic acids is 2. The van der Waals surface area contributed by atoms with E-state index >= 15 is 0 Å². The molecule has 2 aromatic carbocycles. The molecule has 2 atom stereocenters.